The van der Waals surface area contributed by atoms with Crippen LogP contribution in [0.1, 0.15) is 37.7 Å². The zero-order valence-electron chi connectivity index (χ0n) is 13.4. The Labute approximate surface area is 138 Å². The van der Waals surface area contributed by atoms with Crippen LogP contribution in [0, 0.1) is 5.92 Å². The van der Waals surface area contributed by atoms with Gasteiger partial charge < -0.3 is 5.32 Å². The zero-order valence-corrected chi connectivity index (χ0v) is 14.3. The minimum absolute atomic E-state index is 0.0599. The molecule has 1 saturated carbocycles. The van der Waals surface area contributed by atoms with Gasteiger partial charge in [-0.1, -0.05) is 30.3 Å². The molecule has 0 aromatic heterocycles. The lowest BCUT2D eigenvalue weighted by atomic mass is 9.97. The van der Waals surface area contributed by atoms with Gasteiger partial charge in [-0.15, -0.1) is 0 Å². The highest BCUT2D eigenvalue weighted by molar-refractivity contribution is 7.89. The number of carbonyl (C=O) groups is 1. The van der Waals surface area contributed by atoms with E-state index >= 15 is 0 Å². The number of sulfonamides is 1. The average molecular weight is 336 g/mol. The van der Waals surface area contributed by atoms with Crippen molar-refractivity contribution in [1.82, 2.24) is 9.62 Å². The lowest BCUT2D eigenvalue weighted by Crippen LogP contribution is -2.44. The van der Waals surface area contributed by atoms with E-state index < -0.39 is 10.0 Å². The van der Waals surface area contributed by atoms with Gasteiger partial charge in [0.1, 0.15) is 0 Å². The number of hydrogen-bond acceptors (Lipinski definition) is 3. The maximum absolute atomic E-state index is 12.4. The molecule has 1 amide bonds. The molecule has 126 valence electrons. The first-order chi connectivity index (χ1) is 11.0. The largest absolute Gasteiger partial charge is 0.352 e. The van der Waals surface area contributed by atoms with Crippen LogP contribution in [0.2, 0.25) is 0 Å². The van der Waals surface area contributed by atoms with E-state index in [1.54, 1.807) is 6.92 Å². The Morgan fingerprint density at radius 3 is 2.48 bits per heavy atom. The maximum Gasteiger partial charge on any atom is 0.223 e. The zero-order chi connectivity index (χ0) is 16.4. The van der Waals surface area contributed by atoms with Crippen molar-refractivity contribution in [3.63, 3.8) is 0 Å². The number of piperidine rings is 1. The van der Waals surface area contributed by atoms with E-state index in [2.05, 4.69) is 17.4 Å². The Morgan fingerprint density at radius 1 is 1.22 bits per heavy atom. The maximum atomic E-state index is 12.4. The summed E-state index contributed by atoms with van der Waals surface area (Å²) >= 11 is 0. The van der Waals surface area contributed by atoms with Crippen molar-refractivity contribution in [2.75, 3.05) is 18.8 Å². The smallest absolute Gasteiger partial charge is 0.223 e. The van der Waals surface area contributed by atoms with Gasteiger partial charge in [0.2, 0.25) is 15.9 Å². The molecule has 2 aliphatic rings. The third kappa shape index (κ3) is 3.75. The van der Waals surface area contributed by atoms with Gasteiger partial charge in [0.25, 0.3) is 0 Å². The molecule has 1 N–H and O–H groups in total. The second-order valence-corrected chi connectivity index (χ2v) is 8.70. The molecule has 6 heteroatoms. The molecule has 2 atom stereocenters. The predicted octanol–water partition coefficient (Wildman–Crippen LogP) is 1.72. The molecular formula is C17H24N2O3S. The fourth-order valence-corrected chi connectivity index (χ4v) is 4.43. The summed E-state index contributed by atoms with van der Waals surface area (Å²) in [7, 11) is -3.12. The molecule has 0 bridgehead atoms. The van der Waals surface area contributed by atoms with Gasteiger partial charge in [-0.25, -0.2) is 12.7 Å². The standard InChI is InChI=1S/C17H24N2O3S/c1-2-23(21,22)19-10-8-14(9-11-19)17(20)18-16-12-15(16)13-6-4-3-5-7-13/h3-7,14-16H,2,8-12H2,1H3,(H,18,20). The summed E-state index contributed by atoms with van der Waals surface area (Å²) in [6.45, 7) is 2.58. The van der Waals surface area contributed by atoms with Gasteiger partial charge in [-0.05, 0) is 31.7 Å². The minimum atomic E-state index is -3.12. The molecule has 3 rings (SSSR count). The van der Waals surface area contributed by atoms with Crippen molar-refractivity contribution in [3.8, 4) is 0 Å². The highest BCUT2D eigenvalue weighted by atomic mass is 32.2. The van der Waals surface area contributed by atoms with E-state index in [9.17, 15) is 13.2 Å². The average Bonchev–Trinajstić information content (AvgIpc) is 3.35. The summed E-state index contributed by atoms with van der Waals surface area (Å²) in [4.78, 5) is 12.4. The third-order valence-corrected chi connectivity index (χ3v) is 6.81. The van der Waals surface area contributed by atoms with E-state index in [1.807, 2.05) is 18.2 Å². The summed E-state index contributed by atoms with van der Waals surface area (Å²) < 4.78 is 25.2. The van der Waals surface area contributed by atoms with Crippen LogP contribution < -0.4 is 5.32 Å². The molecule has 1 aromatic carbocycles. The van der Waals surface area contributed by atoms with Crippen LogP contribution in [0.3, 0.4) is 0 Å². The summed E-state index contributed by atoms with van der Waals surface area (Å²) in [5, 5.41) is 3.13. The van der Waals surface area contributed by atoms with Crippen LogP contribution in [0.5, 0.6) is 0 Å². The molecule has 1 heterocycles. The summed E-state index contributed by atoms with van der Waals surface area (Å²) in [5.41, 5.74) is 1.28. The molecule has 2 unspecified atom stereocenters. The van der Waals surface area contributed by atoms with E-state index in [-0.39, 0.29) is 23.6 Å². The summed E-state index contributed by atoms with van der Waals surface area (Å²) in [6.07, 6.45) is 2.24. The number of carbonyl (C=O) groups excluding carboxylic acids is 1. The van der Waals surface area contributed by atoms with Crippen molar-refractivity contribution in [2.24, 2.45) is 5.92 Å². The van der Waals surface area contributed by atoms with Crippen LogP contribution in [0.25, 0.3) is 0 Å². The Kier molecular flexibility index (Phi) is 4.73. The van der Waals surface area contributed by atoms with Crippen molar-refractivity contribution in [1.29, 1.82) is 0 Å². The van der Waals surface area contributed by atoms with Crippen LogP contribution in [-0.2, 0) is 14.8 Å². The van der Waals surface area contributed by atoms with Gasteiger partial charge >= 0.3 is 0 Å². The molecule has 0 spiro atoms. The van der Waals surface area contributed by atoms with Crippen LogP contribution in [-0.4, -0.2) is 43.5 Å². The lowest BCUT2D eigenvalue weighted by Gasteiger charge is -2.30. The van der Waals surface area contributed by atoms with Gasteiger partial charge in [-0.2, -0.15) is 0 Å². The normalized spacial score (nSPS) is 26.0. The fraction of sp³-hybridized carbons (Fsp3) is 0.588. The fourth-order valence-electron chi connectivity index (χ4n) is 3.30. The minimum Gasteiger partial charge on any atom is -0.352 e. The van der Waals surface area contributed by atoms with Crippen LogP contribution in [0.15, 0.2) is 30.3 Å². The highest BCUT2D eigenvalue weighted by Gasteiger charge is 2.41. The number of nitrogens with zero attached hydrogens (tertiary/aromatic N) is 1. The van der Waals surface area contributed by atoms with Gasteiger partial charge in [0.05, 0.1) is 5.75 Å². The van der Waals surface area contributed by atoms with E-state index in [4.69, 9.17) is 0 Å². The first kappa shape index (κ1) is 16.5. The Morgan fingerprint density at radius 2 is 1.87 bits per heavy atom. The predicted molar refractivity (Wildman–Crippen MR) is 89.5 cm³/mol. The Bertz CT molecular complexity index is 652. The molecule has 1 aromatic rings. The number of hydrogen-bond donors (Lipinski definition) is 1. The van der Waals surface area contributed by atoms with Crippen LogP contribution >= 0.6 is 0 Å². The highest BCUT2D eigenvalue weighted by Crippen LogP contribution is 2.40. The van der Waals surface area contributed by atoms with Crippen molar-refractivity contribution in [3.05, 3.63) is 35.9 Å². The van der Waals surface area contributed by atoms with Gasteiger partial charge in [-0.3, -0.25) is 4.79 Å². The van der Waals surface area contributed by atoms with Crippen molar-refractivity contribution in [2.45, 2.75) is 38.1 Å². The first-order valence-corrected chi connectivity index (χ1v) is 9.95. The van der Waals surface area contributed by atoms with E-state index in [0.717, 1.165) is 6.42 Å². The molecular weight excluding hydrogens is 312 g/mol. The second-order valence-electron chi connectivity index (χ2n) is 6.44. The van der Waals surface area contributed by atoms with Crippen LogP contribution in [0.4, 0.5) is 0 Å². The molecule has 1 aliphatic heterocycles. The summed E-state index contributed by atoms with van der Waals surface area (Å²) in [6, 6.07) is 10.5. The first-order valence-electron chi connectivity index (χ1n) is 8.34. The quantitative estimate of drug-likeness (QED) is 0.890. The Hall–Kier alpha value is -1.40. The molecule has 23 heavy (non-hydrogen) atoms. The second kappa shape index (κ2) is 6.61. The number of amides is 1. The van der Waals surface area contributed by atoms with E-state index in [1.165, 1.54) is 9.87 Å². The van der Waals surface area contributed by atoms with E-state index in [0.29, 0.717) is 31.8 Å². The molecule has 1 aliphatic carbocycles. The van der Waals surface area contributed by atoms with Crippen molar-refractivity contribution < 1.29 is 13.2 Å². The topological polar surface area (TPSA) is 66.5 Å². The number of nitrogens with one attached hydrogen (secondary N) is 1. The molecule has 0 radical (unpaired) electrons. The lowest BCUT2D eigenvalue weighted by molar-refractivity contribution is -0.126. The van der Waals surface area contributed by atoms with Crippen molar-refractivity contribution >= 4 is 15.9 Å². The SMILES string of the molecule is CCS(=O)(=O)N1CCC(C(=O)NC2CC2c2ccccc2)CC1. The monoisotopic (exact) mass is 336 g/mol. The number of rotatable bonds is 5. The molecule has 1 saturated heterocycles. The Balaban J connectivity index is 1.48. The molecule has 5 nitrogen and oxygen atoms in total. The summed E-state index contributed by atoms with van der Waals surface area (Å²) in [5.74, 6) is 0.586. The number of benzene rings is 1. The van der Waals surface area contributed by atoms with Gasteiger partial charge in [0.15, 0.2) is 0 Å². The third-order valence-electron chi connectivity index (χ3n) is 4.93. The molecule has 2 fully saturated rings. The van der Waals surface area contributed by atoms with Gasteiger partial charge in [0, 0.05) is 31.0 Å².